The summed E-state index contributed by atoms with van der Waals surface area (Å²) in [5, 5.41) is 8.77. The number of aryl methyl sites for hydroxylation is 2. The van der Waals surface area contributed by atoms with Gasteiger partial charge in [0.15, 0.2) is 0 Å². The van der Waals surface area contributed by atoms with Gasteiger partial charge in [0.05, 0.1) is 30.2 Å². The van der Waals surface area contributed by atoms with Crippen LogP contribution in [0.3, 0.4) is 0 Å². The highest BCUT2D eigenvalue weighted by Crippen LogP contribution is 2.37. The van der Waals surface area contributed by atoms with E-state index in [1.807, 2.05) is 0 Å². The highest BCUT2D eigenvalue weighted by atomic mass is 32.2. The Balaban J connectivity index is 2.08. The Morgan fingerprint density at radius 2 is 1.83 bits per heavy atom. The molecule has 0 aliphatic carbocycles. The van der Waals surface area contributed by atoms with Crippen LogP contribution in [-0.2, 0) is 30.8 Å². The molecule has 1 atom stereocenters. The second-order valence-electron chi connectivity index (χ2n) is 7.14. The minimum absolute atomic E-state index is 0.0403. The number of para-hydroxylation sites is 1. The number of nitrogens with zero attached hydrogens (tertiary/aromatic N) is 1. The highest BCUT2D eigenvalue weighted by Gasteiger charge is 2.41. The van der Waals surface area contributed by atoms with E-state index in [0.717, 1.165) is 4.31 Å². The molecule has 0 spiro atoms. The molecule has 0 bridgehead atoms. The monoisotopic (exact) mass is 433 g/mol. The van der Waals surface area contributed by atoms with Crippen molar-refractivity contribution in [3.05, 3.63) is 53.1 Å². The number of hydrogen-bond donors (Lipinski definition) is 1. The SMILES string of the molecule is COc1cc(C)c(S(=O)(=O)N2C(=O)[C@H](COCC(=O)O)Cc3ccccc32)c(C)c1. The molecule has 1 amide bonds. The summed E-state index contributed by atoms with van der Waals surface area (Å²) in [7, 11) is -2.73. The molecule has 9 heteroatoms. The number of anilines is 1. The van der Waals surface area contributed by atoms with Crippen LogP contribution in [0, 0.1) is 19.8 Å². The van der Waals surface area contributed by atoms with Gasteiger partial charge in [-0.15, -0.1) is 0 Å². The van der Waals surface area contributed by atoms with Crippen molar-refractivity contribution >= 4 is 27.6 Å². The second-order valence-corrected chi connectivity index (χ2v) is 8.86. The summed E-state index contributed by atoms with van der Waals surface area (Å²) in [6.45, 7) is 2.55. The van der Waals surface area contributed by atoms with Crippen LogP contribution in [0.25, 0.3) is 0 Å². The van der Waals surface area contributed by atoms with E-state index in [9.17, 15) is 18.0 Å². The zero-order chi connectivity index (χ0) is 22.1. The van der Waals surface area contributed by atoms with E-state index in [1.54, 1.807) is 50.2 Å². The first-order valence-corrected chi connectivity index (χ1v) is 10.7. The molecule has 0 fully saturated rings. The topological polar surface area (TPSA) is 110 Å². The first-order chi connectivity index (χ1) is 14.2. The molecule has 1 aliphatic rings. The number of amides is 1. The Morgan fingerprint density at radius 1 is 1.20 bits per heavy atom. The number of carbonyl (C=O) groups is 2. The summed E-state index contributed by atoms with van der Waals surface area (Å²) in [4.78, 5) is 24.0. The van der Waals surface area contributed by atoms with Gasteiger partial charge in [0, 0.05) is 0 Å². The van der Waals surface area contributed by atoms with E-state index in [0.29, 0.717) is 28.1 Å². The molecule has 0 saturated carbocycles. The summed E-state index contributed by atoms with van der Waals surface area (Å²) < 4.78 is 38.5. The number of fused-ring (bicyclic) bond motifs is 1. The standard InChI is InChI=1S/C21H23NO7S/c1-13-8-17(28-3)9-14(2)20(13)30(26,27)22-18-7-5-4-6-15(18)10-16(21(22)25)11-29-12-19(23)24/h4-9,16H,10-12H2,1-3H3,(H,23,24)/t16-/m0/s1. The summed E-state index contributed by atoms with van der Waals surface area (Å²) in [6, 6.07) is 9.99. The van der Waals surface area contributed by atoms with Gasteiger partial charge in [-0.05, 0) is 55.2 Å². The molecule has 1 N–H and O–H groups in total. The van der Waals surface area contributed by atoms with E-state index >= 15 is 0 Å². The third-order valence-electron chi connectivity index (χ3n) is 4.94. The number of benzene rings is 2. The fourth-order valence-electron chi connectivity index (χ4n) is 3.71. The quantitative estimate of drug-likeness (QED) is 0.713. The maximum atomic E-state index is 13.7. The number of carboxylic acids is 1. The third kappa shape index (κ3) is 4.03. The number of aliphatic carboxylic acids is 1. The molecule has 0 saturated heterocycles. The van der Waals surface area contributed by atoms with Crippen LogP contribution in [0.4, 0.5) is 5.69 Å². The summed E-state index contributed by atoms with van der Waals surface area (Å²) >= 11 is 0. The van der Waals surface area contributed by atoms with E-state index < -0.39 is 34.4 Å². The first kappa shape index (κ1) is 21.8. The molecule has 0 radical (unpaired) electrons. The van der Waals surface area contributed by atoms with Gasteiger partial charge in [-0.1, -0.05) is 18.2 Å². The Kier molecular flexibility index (Phi) is 6.14. The van der Waals surface area contributed by atoms with Gasteiger partial charge in [0.1, 0.15) is 12.4 Å². The van der Waals surface area contributed by atoms with E-state index in [2.05, 4.69) is 0 Å². The molecule has 0 aromatic heterocycles. The summed E-state index contributed by atoms with van der Waals surface area (Å²) in [6.07, 6.45) is 0.265. The Bertz CT molecular complexity index is 1070. The number of carboxylic acid groups (broad SMARTS) is 1. The van der Waals surface area contributed by atoms with Crippen molar-refractivity contribution in [3.63, 3.8) is 0 Å². The van der Waals surface area contributed by atoms with Crippen LogP contribution >= 0.6 is 0 Å². The maximum Gasteiger partial charge on any atom is 0.329 e. The van der Waals surface area contributed by atoms with Crippen molar-refractivity contribution in [3.8, 4) is 5.75 Å². The number of sulfonamides is 1. The Morgan fingerprint density at radius 3 is 2.43 bits per heavy atom. The minimum Gasteiger partial charge on any atom is -0.497 e. The molecule has 30 heavy (non-hydrogen) atoms. The van der Waals surface area contributed by atoms with Gasteiger partial charge in [0.25, 0.3) is 10.0 Å². The van der Waals surface area contributed by atoms with Gasteiger partial charge in [-0.3, -0.25) is 4.79 Å². The predicted molar refractivity (Wildman–Crippen MR) is 109 cm³/mol. The lowest BCUT2D eigenvalue weighted by Crippen LogP contribution is -2.47. The van der Waals surface area contributed by atoms with Crippen LogP contribution in [0.2, 0.25) is 0 Å². The fraction of sp³-hybridized carbons (Fsp3) is 0.333. The molecule has 3 rings (SSSR count). The highest BCUT2D eigenvalue weighted by molar-refractivity contribution is 7.93. The minimum atomic E-state index is -4.23. The molecule has 2 aromatic carbocycles. The van der Waals surface area contributed by atoms with Crippen LogP contribution in [0.5, 0.6) is 5.75 Å². The van der Waals surface area contributed by atoms with Gasteiger partial charge < -0.3 is 14.6 Å². The Labute approximate surface area is 175 Å². The molecule has 160 valence electrons. The van der Waals surface area contributed by atoms with E-state index in [4.69, 9.17) is 14.6 Å². The molecular formula is C21H23NO7S. The van der Waals surface area contributed by atoms with Crippen LogP contribution in [-0.4, -0.2) is 45.7 Å². The number of carbonyl (C=O) groups excluding carboxylic acids is 1. The lowest BCUT2D eigenvalue weighted by Gasteiger charge is -2.34. The third-order valence-corrected chi connectivity index (χ3v) is 6.96. The van der Waals surface area contributed by atoms with Crippen molar-refractivity contribution in [1.29, 1.82) is 0 Å². The maximum absolute atomic E-state index is 13.7. The van der Waals surface area contributed by atoms with Crippen LogP contribution < -0.4 is 9.04 Å². The van der Waals surface area contributed by atoms with Gasteiger partial charge in [0.2, 0.25) is 5.91 Å². The lowest BCUT2D eigenvalue weighted by molar-refractivity contribution is -0.143. The lowest BCUT2D eigenvalue weighted by atomic mass is 9.94. The van der Waals surface area contributed by atoms with Crippen molar-refractivity contribution in [1.82, 2.24) is 0 Å². The fourth-order valence-corrected chi connectivity index (χ4v) is 5.65. The number of methoxy groups -OCH3 is 1. The van der Waals surface area contributed by atoms with Gasteiger partial charge in [-0.2, -0.15) is 0 Å². The first-order valence-electron chi connectivity index (χ1n) is 9.28. The molecule has 2 aromatic rings. The normalized spacial score (nSPS) is 16.3. The van der Waals surface area contributed by atoms with Crippen LogP contribution in [0.1, 0.15) is 16.7 Å². The molecular weight excluding hydrogens is 410 g/mol. The zero-order valence-corrected chi connectivity index (χ0v) is 17.7. The van der Waals surface area contributed by atoms with Crippen molar-refractivity contribution < 1.29 is 32.6 Å². The van der Waals surface area contributed by atoms with Crippen molar-refractivity contribution in [2.75, 3.05) is 24.6 Å². The molecule has 1 aliphatic heterocycles. The Hall–Kier alpha value is -2.91. The molecule has 8 nitrogen and oxygen atoms in total. The van der Waals surface area contributed by atoms with Crippen molar-refractivity contribution in [2.45, 2.75) is 25.2 Å². The predicted octanol–water partition coefficient (Wildman–Crippen LogP) is 2.31. The van der Waals surface area contributed by atoms with Crippen LogP contribution in [0.15, 0.2) is 41.3 Å². The average Bonchev–Trinajstić information content (AvgIpc) is 2.67. The smallest absolute Gasteiger partial charge is 0.329 e. The largest absolute Gasteiger partial charge is 0.497 e. The van der Waals surface area contributed by atoms with E-state index in [-0.39, 0.29) is 17.9 Å². The van der Waals surface area contributed by atoms with Gasteiger partial charge in [-0.25, -0.2) is 17.5 Å². The summed E-state index contributed by atoms with van der Waals surface area (Å²) in [5.41, 5.74) is 1.89. The molecule has 1 heterocycles. The zero-order valence-electron chi connectivity index (χ0n) is 16.9. The number of ether oxygens (including phenoxy) is 2. The second kappa shape index (κ2) is 8.45. The molecule has 0 unspecified atom stereocenters. The summed E-state index contributed by atoms with van der Waals surface area (Å²) in [5.74, 6) is -2.09. The van der Waals surface area contributed by atoms with Crippen molar-refractivity contribution in [2.24, 2.45) is 5.92 Å². The van der Waals surface area contributed by atoms with E-state index in [1.165, 1.54) is 7.11 Å². The number of hydrogen-bond acceptors (Lipinski definition) is 6. The van der Waals surface area contributed by atoms with Gasteiger partial charge >= 0.3 is 5.97 Å². The number of rotatable bonds is 7. The average molecular weight is 433 g/mol.